The predicted octanol–water partition coefficient (Wildman–Crippen LogP) is 4.38. The van der Waals surface area contributed by atoms with Crippen molar-refractivity contribution in [3.8, 4) is 0 Å². The highest BCUT2D eigenvalue weighted by Gasteiger charge is 2.34. The molecule has 2 atom stereocenters. The summed E-state index contributed by atoms with van der Waals surface area (Å²) in [6, 6.07) is 10.9. The number of benzene rings is 1. The Kier molecular flexibility index (Phi) is 6.01. The van der Waals surface area contributed by atoms with E-state index in [9.17, 15) is 4.79 Å². The highest BCUT2D eigenvalue weighted by atomic mass is 32.2. The van der Waals surface area contributed by atoms with Crippen molar-refractivity contribution in [2.45, 2.75) is 44.6 Å². The zero-order valence-corrected chi connectivity index (χ0v) is 16.3. The summed E-state index contributed by atoms with van der Waals surface area (Å²) >= 11 is 1.94. The maximum absolute atomic E-state index is 13.4. The minimum Gasteiger partial charge on any atom is -0.335 e. The number of carbonyl (C=O) groups excluding carboxylic acids is 1. The van der Waals surface area contributed by atoms with Crippen LogP contribution in [0, 0.1) is 11.8 Å². The molecule has 0 aliphatic carbocycles. The van der Waals surface area contributed by atoms with Crippen molar-refractivity contribution in [3.63, 3.8) is 0 Å². The quantitative estimate of drug-likeness (QED) is 0.857. The van der Waals surface area contributed by atoms with Gasteiger partial charge in [0.15, 0.2) is 0 Å². The van der Waals surface area contributed by atoms with Crippen LogP contribution in [0.5, 0.6) is 0 Å². The van der Waals surface area contributed by atoms with Crippen molar-refractivity contribution in [1.29, 1.82) is 0 Å². The first-order chi connectivity index (χ1) is 12.8. The van der Waals surface area contributed by atoms with Crippen LogP contribution >= 0.6 is 11.8 Å². The molecule has 4 rings (SSSR count). The molecule has 2 unspecified atom stereocenters. The van der Waals surface area contributed by atoms with Gasteiger partial charge >= 0.3 is 0 Å². The number of rotatable bonds is 3. The van der Waals surface area contributed by atoms with Crippen molar-refractivity contribution in [1.82, 2.24) is 10.2 Å². The minimum absolute atomic E-state index is 0.0780. The van der Waals surface area contributed by atoms with E-state index in [4.69, 9.17) is 0 Å². The molecule has 0 radical (unpaired) electrons. The van der Waals surface area contributed by atoms with Crippen LogP contribution in [0.15, 0.2) is 41.3 Å². The second-order valence-electron chi connectivity index (χ2n) is 7.82. The van der Waals surface area contributed by atoms with Crippen LogP contribution in [-0.2, 0) is 4.79 Å². The number of hydrogen-bond acceptors (Lipinski definition) is 3. The summed E-state index contributed by atoms with van der Waals surface area (Å²) < 4.78 is 0. The summed E-state index contributed by atoms with van der Waals surface area (Å²) in [6.07, 6.45) is 9.45. The molecule has 3 aliphatic heterocycles. The lowest BCUT2D eigenvalue weighted by atomic mass is 9.95. The highest BCUT2D eigenvalue weighted by Crippen LogP contribution is 2.40. The Morgan fingerprint density at radius 1 is 1.04 bits per heavy atom. The van der Waals surface area contributed by atoms with Gasteiger partial charge in [-0.2, -0.15) is 0 Å². The van der Waals surface area contributed by atoms with Gasteiger partial charge in [0, 0.05) is 12.3 Å². The van der Waals surface area contributed by atoms with Gasteiger partial charge in [-0.3, -0.25) is 4.79 Å². The molecule has 1 N–H and O–H groups in total. The first-order valence-corrected chi connectivity index (χ1v) is 11.2. The molecule has 0 bridgehead atoms. The molecular formula is C22H30N2OS. The Hall–Kier alpha value is -1.26. The first-order valence-electron chi connectivity index (χ1n) is 10.2. The monoisotopic (exact) mass is 370 g/mol. The number of hydrogen-bond donors (Lipinski definition) is 1. The van der Waals surface area contributed by atoms with E-state index < -0.39 is 0 Å². The average molecular weight is 371 g/mol. The standard InChI is InChI=1S/C22H30N2OS/c25-22(19-15-21(26-16-19)18-10-12-23-13-11-18)24-14-6-2-5-9-20(24)17-7-3-1-4-8-17/h1,3-4,7-8,15,18-20,23H,2,5-6,9-14,16H2. The lowest BCUT2D eigenvalue weighted by molar-refractivity contribution is -0.135. The molecule has 0 aromatic heterocycles. The Balaban J connectivity index is 1.50. The van der Waals surface area contributed by atoms with Gasteiger partial charge in [-0.05, 0) is 55.2 Å². The number of nitrogens with one attached hydrogen (secondary N) is 1. The molecule has 1 aromatic carbocycles. The van der Waals surface area contributed by atoms with Crippen LogP contribution in [0.2, 0.25) is 0 Å². The van der Waals surface area contributed by atoms with Crippen LogP contribution < -0.4 is 5.32 Å². The number of carbonyl (C=O) groups is 1. The minimum atomic E-state index is 0.0780. The van der Waals surface area contributed by atoms with Gasteiger partial charge in [0.05, 0.1) is 12.0 Å². The zero-order valence-electron chi connectivity index (χ0n) is 15.5. The summed E-state index contributed by atoms with van der Waals surface area (Å²) in [4.78, 5) is 17.1. The van der Waals surface area contributed by atoms with Crippen LogP contribution in [-0.4, -0.2) is 36.2 Å². The van der Waals surface area contributed by atoms with Crippen molar-refractivity contribution >= 4 is 17.7 Å². The van der Waals surface area contributed by atoms with E-state index in [1.807, 2.05) is 11.8 Å². The number of piperidine rings is 1. The third-order valence-electron chi connectivity index (χ3n) is 6.07. The molecular weight excluding hydrogens is 340 g/mol. The van der Waals surface area contributed by atoms with Crippen molar-refractivity contribution in [3.05, 3.63) is 46.9 Å². The van der Waals surface area contributed by atoms with E-state index in [2.05, 4.69) is 46.6 Å². The summed E-state index contributed by atoms with van der Waals surface area (Å²) in [7, 11) is 0. The molecule has 3 aliphatic rings. The third kappa shape index (κ3) is 4.01. The van der Waals surface area contributed by atoms with Crippen LogP contribution in [0.4, 0.5) is 0 Å². The van der Waals surface area contributed by atoms with Crippen molar-refractivity contribution in [2.24, 2.45) is 11.8 Å². The van der Waals surface area contributed by atoms with Gasteiger partial charge < -0.3 is 10.2 Å². The average Bonchev–Trinajstić information content (AvgIpc) is 3.07. The second kappa shape index (κ2) is 8.62. The first kappa shape index (κ1) is 18.1. The second-order valence-corrected chi connectivity index (χ2v) is 8.91. The lowest BCUT2D eigenvalue weighted by Gasteiger charge is -2.32. The zero-order chi connectivity index (χ0) is 17.8. The Bertz CT molecular complexity index is 639. The Morgan fingerprint density at radius 3 is 2.65 bits per heavy atom. The summed E-state index contributed by atoms with van der Waals surface area (Å²) in [6.45, 7) is 3.14. The molecule has 2 saturated heterocycles. The lowest BCUT2D eigenvalue weighted by Crippen LogP contribution is -2.38. The van der Waals surface area contributed by atoms with Gasteiger partial charge in [0.1, 0.15) is 0 Å². The van der Waals surface area contributed by atoms with Crippen LogP contribution in [0.1, 0.15) is 50.1 Å². The predicted molar refractivity (Wildman–Crippen MR) is 109 cm³/mol. The number of nitrogens with zero attached hydrogens (tertiary/aromatic N) is 1. The number of allylic oxidation sites excluding steroid dienone is 1. The fourth-order valence-corrected chi connectivity index (χ4v) is 5.93. The SMILES string of the molecule is O=C(C1C=C(C2CCNCC2)SC1)N1CCCCCC1c1ccccc1. The topological polar surface area (TPSA) is 32.3 Å². The molecule has 4 heteroatoms. The van der Waals surface area contributed by atoms with E-state index >= 15 is 0 Å². The molecule has 1 aromatic rings. The largest absolute Gasteiger partial charge is 0.335 e. The maximum Gasteiger partial charge on any atom is 0.230 e. The van der Waals surface area contributed by atoms with Crippen molar-refractivity contribution < 1.29 is 4.79 Å². The van der Waals surface area contributed by atoms with Gasteiger partial charge in [-0.1, -0.05) is 49.2 Å². The van der Waals surface area contributed by atoms with Crippen LogP contribution in [0.25, 0.3) is 0 Å². The van der Waals surface area contributed by atoms with Gasteiger partial charge in [0.25, 0.3) is 0 Å². The molecule has 0 spiro atoms. The Morgan fingerprint density at radius 2 is 1.85 bits per heavy atom. The number of thioether (sulfide) groups is 1. The highest BCUT2D eigenvalue weighted by molar-refractivity contribution is 8.03. The van der Waals surface area contributed by atoms with Crippen LogP contribution in [0.3, 0.4) is 0 Å². The smallest absolute Gasteiger partial charge is 0.230 e. The van der Waals surface area contributed by atoms with Gasteiger partial charge in [-0.15, -0.1) is 11.8 Å². The van der Waals surface area contributed by atoms with E-state index in [0.29, 0.717) is 11.8 Å². The van der Waals surface area contributed by atoms with E-state index in [1.54, 1.807) is 0 Å². The molecule has 2 fully saturated rings. The number of likely N-dealkylation sites (tertiary alicyclic amines) is 1. The van der Waals surface area contributed by atoms with E-state index in [1.165, 1.54) is 36.2 Å². The van der Waals surface area contributed by atoms with E-state index in [-0.39, 0.29) is 12.0 Å². The fraction of sp³-hybridized carbons (Fsp3) is 0.591. The molecule has 26 heavy (non-hydrogen) atoms. The Labute approximate surface area is 161 Å². The summed E-state index contributed by atoms with van der Waals surface area (Å²) in [5.74, 6) is 2.05. The normalized spacial score (nSPS) is 27.8. The fourth-order valence-electron chi connectivity index (χ4n) is 4.59. The maximum atomic E-state index is 13.4. The van der Waals surface area contributed by atoms with E-state index in [0.717, 1.165) is 38.2 Å². The summed E-state index contributed by atoms with van der Waals surface area (Å²) in [5, 5.41) is 3.44. The molecule has 0 saturated carbocycles. The third-order valence-corrected chi connectivity index (χ3v) is 7.40. The molecule has 1 amide bonds. The van der Waals surface area contributed by atoms with Crippen molar-refractivity contribution in [2.75, 3.05) is 25.4 Å². The molecule has 3 nitrogen and oxygen atoms in total. The van der Waals surface area contributed by atoms with Gasteiger partial charge in [0.2, 0.25) is 5.91 Å². The summed E-state index contributed by atoms with van der Waals surface area (Å²) in [5.41, 5.74) is 1.30. The molecule has 140 valence electrons. The molecule has 3 heterocycles. The van der Waals surface area contributed by atoms with Gasteiger partial charge in [-0.25, -0.2) is 0 Å². The number of amides is 1.